The zero-order valence-corrected chi connectivity index (χ0v) is 10.2. The maximum absolute atomic E-state index is 11.8. The lowest BCUT2D eigenvalue weighted by molar-refractivity contribution is -0.127. The molecule has 0 rings (SSSR count). The highest BCUT2D eigenvalue weighted by molar-refractivity contribution is 5.84. The van der Waals surface area contributed by atoms with Crippen molar-refractivity contribution in [2.45, 2.75) is 39.8 Å². The summed E-state index contributed by atoms with van der Waals surface area (Å²) in [6.45, 7) is 7.74. The molecule has 0 saturated carbocycles. The number of hydrogen-bond acceptors (Lipinski definition) is 3. The molecule has 0 heterocycles. The van der Waals surface area contributed by atoms with Crippen LogP contribution in [-0.4, -0.2) is 31.3 Å². The van der Waals surface area contributed by atoms with Gasteiger partial charge >= 0.3 is 0 Å². The number of nitrogens with one attached hydrogen (secondary N) is 2. The van der Waals surface area contributed by atoms with Gasteiger partial charge in [-0.25, -0.2) is 0 Å². The zero-order chi connectivity index (χ0) is 12.0. The van der Waals surface area contributed by atoms with Crippen LogP contribution in [0, 0.1) is 11.8 Å². The van der Waals surface area contributed by atoms with Gasteiger partial charge in [-0.05, 0) is 18.9 Å². The zero-order valence-electron chi connectivity index (χ0n) is 10.2. The van der Waals surface area contributed by atoms with Crippen molar-refractivity contribution in [3.05, 3.63) is 0 Å². The maximum atomic E-state index is 11.8. The van der Waals surface area contributed by atoms with Gasteiger partial charge in [0.2, 0.25) is 5.91 Å². The summed E-state index contributed by atoms with van der Waals surface area (Å²) in [4.78, 5) is 22.5. The van der Waals surface area contributed by atoms with Gasteiger partial charge in [-0.3, -0.25) is 4.79 Å². The van der Waals surface area contributed by atoms with Crippen LogP contribution in [0.1, 0.15) is 27.7 Å². The van der Waals surface area contributed by atoms with Gasteiger partial charge in [-0.15, -0.1) is 0 Å². The number of aldehydes is 1. The molecule has 0 bridgehead atoms. The smallest absolute Gasteiger partial charge is 0.237 e. The molecule has 0 aromatic rings. The van der Waals surface area contributed by atoms with Gasteiger partial charge in [0.25, 0.3) is 0 Å². The van der Waals surface area contributed by atoms with Crippen LogP contribution in [0.4, 0.5) is 0 Å². The fourth-order valence-corrected chi connectivity index (χ4v) is 1.38. The Balaban J connectivity index is 4.38. The quantitative estimate of drug-likeness (QED) is 0.636. The van der Waals surface area contributed by atoms with E-state index in [1.54, 1.807) is 7.05 Å². The average Bonchev–Trinajstić information content (AvgIpc) is 2.14. The number of carbonyl (C=O) groups is 2. The molecule has 0 aromatic carbocycles. The van der Waals surface area contributed by atoms with Gasteiger partial charge in [0, 0.05) is 0 Å². The van der Waals surface area contributed by atoms with Crippen LogP contribution >= 0.6 is 0 Å². The monoisotopic (exact) mass is 214 g/mol. The molecule has 2 N–H and O–H groups in total. The number of hydrogen-bond donors (Lipinski definition) is 2. The van der Waals surface area contributed by atoms with Crippen LogP contribution < -0.4 is 10.6 Å². The van der Waals surface area contributed by atoms with Crippen molar-refractivity contribution in [2.24, 2.45) is 11.8 Å². The average molecular weight is 214 g/mol. The highest BCUT2D eigenvalue weighted by atomic mass is 16.2. The molecule has 0 fully saturated rings. The van der Waals surface area contributed by atoms with Gasteiger partial charge in [0.05, 0.1) is 12.1 Å². The fourth-order valence-electron chi connectivity index (χ4n) is 1.38. The molecule has 0 aliphatic heterocycles. The highest BCUT2D eigenvalue weighted by Crippen LogP contribution is 2.04. The number of likely N-dealkylation sites (N-methyl/N-ethyl adjacent to an activating group) is 1. The van der Waals surface area contributed by atoms with E-state index in [0.29, 0.717) is 0 Å². The third-order valence-corrected chi connectivity index (χ3v) is 2.43. The molecule has 0 spiro atoms. The Labute approximate surface area is 91.8 Å². The molecule has 15 heavy (non-hydrogen) atoms. The second kappa shape index (κ2) is 6.56. The van der Waals surface area contributed by atoms with Crippen LogP contribution in [0.15, 0.2) is 0 Å². The molecular formula is C11H22N2O2. The Bertz CT molecular complexity index is 215. The van der Waals surface area contributed by atoms with Gasteiger partial charge in [0.1, 0.15) is 6.29 Å². The summed E-state index contributed by atoms with van der Waals surface area (Å²) >= 11 is 0. The first-order chi connectivity index (χ1) is 6.93. The molecule has 2 atom stereocenters. The third kappa shape index (κ3) is 4.42. The van der Waals surface area contributed by atoms with Crippen molar-refractivity contribution in [1.29, 1.82) is 0 Å². The van der Waals surface area contributed by atoms with Crippen molar-refractivity contribution in [2.75, 3.05) is 7.05 Å². The molecule has 0 radical (unpaired) electrons. The van der Waals surface area contributed by atoms with Crippen molar-refractivity contribution < 1.29 is 9.59 Å². The minimum atomic E-state index is -0.396. The highest BCUT2D eigenvalue weighted by Gasteiger charge is 2.23. The van der Waals surface area contributed by atoms with E-state index < -0.39 is 6.04 Å². The molecule has 4 heteroatoms. The van der Waals surface area contributed by atoms with Crippen LogP contribution in [-0.2, 0) is 9.59 Å². The van der Waals surface area contributed by atoms with Gasteiger partial charge in [0.15, 0.2) is 0 Å². The van der Waals surface area contributed by atoms with Crippen molar-refractivity contribution in [1.82, 2.24) is 10.6 Å². The number of amides is 1. The van der Waals surface area contributed by atoms with E-state index in [0.717, 1.165) is 6.29 Å². The topological polar surface area (TPSA) is 58.2 Å². The lowest BCUT2D eigenvalue weighted by atomic mass is 10.0. The molecule has 0 aliphatic rings. The summed E-state index contributed by atoms with van der Waals surface area (Å²) in [6, 6.07) is -0.640. The van der Waals surface area contributed by atoms with Crippen molar-refractivity contribution >= 4 is 12.2 Å². The minimum absolute atomic E-state index is 0.113. The van der Waals surface area contributed by atoms with Crippen molar-refractivity contribution in [3.63, 3.8) is 0 Å². The summed E-state index contributed by atoms with van der Waals surface area (Å²) in [5.41, 5.74) is 0. The lowest BCUT2D eigenvalue weighted by Crippen LogP contribution is -2.51. The summed E-state index contributed by atoms with van der Waals surface area (Å²) in [5.74, 6) is 0.212. The first-order valence-corrected chi connectivity index (χ1v) is 5.37. The van der Waals surface area contributed by atoms with E-state index in [1.807, 2.05) is 27.7 Å². The number of carbonyl (C=O) groups excluding carboxylic acids is 2. The van der Waals surface area contributed by atoms with E-state index in [9.17, 15) is 9.59 Å². The Kier molecular flexibility index (Phi) is 6.17. The fraction of sp³-hybridized carbons (Fsp3) is 0.818. The summed E-state index contributed by atoms with van der Waals surface area (Å²) in [7, 11) is 1.75. The Morgan fingerprint density at radius 1 is 1.13 bits per heavy atom. The van der Waals surface area contributed by atoms with Crippen molar-refractivity contribution in [3.8, 4) is 0 Å². The molecule has 88 valence electrons. The normalized spacial score (nSPS) is 15.1. The molecule has 1 amide bonds. The molecule has 0 saturated heterocycles. The summed E-state index contributed by atoms with van der Waals surface area (Å²) in [5, 5.41) is 5.67. The predicted octanol–water partition coefficient (Wildman–Crippen LogP) is 0.570. The van der Waals surface area contributed by atoms with Gasteiger partial charge < -0.3 is 15.4 Å². The minimum Gasteiger partial charge on any atom is -0.345 e. The van der Waals surface area contributed by atoms with Crippen LogP contribution in [0.2, 0.25) is 0 Å². The number of rotatable bonds is 6. The van der Waals surface area contributed by atoms with E-state index in [-0.39, 0.29) is 23.8 Å². The van der Waals surface area contributed by atoms with E-state index in [2.05, 4.69) is 10.6 Å². The predicted molar refractivity (Wildman–Crippen MR) is 60.5 cm³/mol. The molecule has 0 aromatic heterocycles. The third-order valence-electron chi connectivity index (χ3n) is 2.43. The summed E-state index contributed by atoms with van der Waals surface area (Å²) < 4.78 is 0. The van der Waals surface area contributed by atoms with Gasteiger partial charge in [-0.2, -0.15) is 0 Å². The van der Waals surface area contributed by atoms with Crippen LogP contribution in [0.3, 0.4) is 0 Å². The first-order valence-electron chi connectivity index (χ1n) is 5.37. The lowest BCUT2D eigenvalue weighted by Gasteiger charge is -2.23. The van der Waals surface area contributed by atoms with Crippen LogP contribution in [0.5, 0.6) is 0 Å². The SMILES string of the molecule is CNC(C(=O)NC(C=O)C(C)C)C(C)C. The molecular weight excluding hydrogens is 192 g/mol. The standard InChI is InChI=1S/C11H22N2O2/c1-7(2)9(6-14)13-11(15)10(12-5)8(3)4/h6-10,12H,1-5H3,(H,13,15). The second-order valence-corrected chi connectivity index (χ2v) is 4.42. The molecule has 4 nitrogen and oxygen atoms in total. The first kappa shape index (κ1) is 14.1. The summed E-state index contributed by atoms with van der Waals surface area (Å²) in [6.07, 6.45) is 0.787. The largest absolute Gasteiger partial charge is 0.345 e. The van der Waals surface area contributed by atoms with E-state index >= 15 is 0 Å². The van der Waals surface area contributed by atoms with Gasteiger partial charge in [-0.1, -0.05) is 27.7 Å². The van der Waals surface area contributed by atoms with E-state index in [1.165, 1.54) is 0 Å². The Morgan fingerprint density at radius 3 is 1.93 bits per heavy atom. The Morgan fingerprint density at radius 2 is 1.67 bits per heavy atom. The van der Waals surface area contributed by atoms with Crippen LogP contribution in [0.25, 0.3) is 0 Å². The van der Waals surface area contributed by atoms with E-state index in [4.69, 9.17) is 0 Å². The molecule has 0 aliphatic carbocycles. The second-order valence-electron chi connectivity index (χ2n) is 4.42. The molecule has 2 unspecified atom stereocenters. The maximum Gasteiger partial charge on any atom is 0.237 e. The Hall–Kier alpha value is -0.900.